The van der Waals surface area contributed by atoms with E-state index in [4.69, 9.17) is 4.74 Å². The van der Waals surface area contributed by atoms with Crippen molar-refractivity contribution in [1.29, 1.82) is 0 Å². The van der Waals surface area contributed by atoms with Gasteiger partial charge in [-0.05, 0) is 50.2 Å². The highest BCUT2D eigenvalue weighted by molar-refractivity contribution is 5.89. The molecule has 4 heteroatoms. The maximum atomic E-state index is 13.3. The Morgan fingerprint density at radius 1 is 1.03 bits per heavy atom. The van der Waals surface area contributed by atoms with Crippen molar-refractivity contribution in [2.24, 2.45) is 17.8 Å². The Hall–Kier alpha value is -2.59. The molecule has 0 radical (unpaired) electrons. The molecule has 2 unspecified atom stereocenters. The van der Waals surface area contributed by atoms with Crippen molar-refractivity contribution in [3.63, 3.8) is 0 Å². The molecule has 1 saturated heterocycles. The van der Waals surface area contributed by atoms with E-state index in [1.165, 1.54) is 18.7 Å². The summed E-state index contributed by atoms with van der Waals surface area (Å²) < 4.78 is 6.03. The molecule has 2 fully saturated rings. The highest BCUT2D eigenvalue weighted by atomic mass is 16.5. The number of ether oxygens (including phenoxy) is 1. The van der Waals surface area contributed by atoms with Crippen LogP contribution < -0.4 is 10.1 Å². The molecular weight excluding hydrogens is 372 g/mol. The van der Waals surface area contributed by atoms with E-state index in [9.17, 15) is 4.79 Å². The van der Waals surface area contributed by atoms with Gasteiger partial charge >= 0.3 is 0 Å². The summed E-state index contributed by atoms with van der Waals surface area (Å²) in [5.41, 5.74) is 3.31. The van der Waals surface area contributed by atoms with Crippen LogP contribution in [-0.2, 0) is 4.79 Å². The number of allylic oxidation sites excluding steroid dienone is 1. The van der Waals surface area contributed by atoms with Crippen LogP contribution in [-0.4, -0.2) is 37.0 Å². The van der Waals surface area contributed by atoms with E-state index < -0.39 is 0 Å². The monoisotopic (exact) mass is 402 g/mol. The zero-order chi connectivity index (χ0) is 20.7. The Balaban J connectivity index is 1.20. The molecule has 3 aliphatic rings. The average Bonchev–Trinajstić information content (AvgIpc) is 3.20. The molecule has 0 bridgehead atoms. The number of nitrogens with one attached hydrogen (secondary N) is 1. The molecule has 2 aromatic carbocycles. The van der Waals surface area contributed by atoms with Gasteiger partial charge in [-0.15, -0.1) is 0 Å². The number of benzene rings is 2. The predicted octanol–water partition coefficient (Wildman–Crippen LogP) is 4.57. The van der Waals surface area contributed by atoms with Gasteiger partial charge in [-0.2, -0.15) is 0 Å². The van der Waals surface area contributed by atoms with Crippen LogP contribution in [0.5, 0.6) is 11.5 Å². The second kappa shape index (κ2) is 7.92. The fraction of sp³-hybridized carbons (Fsp3) is 0.423. The molecule has 1 saturated carbocycles. The minimum absolute atomic E-state index is 0.0867. The van der Waals surface area contributed by atoms with E-state index in [1.54, 1.807) is 0 Å². The molecule has 30 heavy (non-hydrogen) atoms. The third kappa shape index (κ3) is 3.65. The van der Waals surface area contributed by atoms with E-state index in [1.807, 2.05) is 48.5 Å². The largest absolute Gasteiger partial charge is 0.457 e. The lowest BCUT2D eigenvalue weighted by Crippen LogP contribution is -2.35. The number of fused-ring (bicyclic) bond motifs is 3. The number of amides is 1. The number of rotatable bonds is 6. The molecule has 1 N–H and O–H groups in total. The van der Waals surface area contributed by atoms with E-state index >= 15 is 0 Å². The van der Waals surface area contributed by atoms with Gasteiger partial charge in [0.1, 0.15) is 11.5 Å². The molecule has 3 atom stereocenters. The lowest BCUT2D eigenvalue weighted by Gasteiger charge is -2.27. The van der Waals surface area contributed by atoms with E-state index in [2.05, 4.69) is 30.1 Å². The van der Waals surface area contributed by atoms with Crippen molar-refractivity contribution in [2.75, 3.05) is 26.2 Å². The van der Waals surface area contributed by atoms with Gasteiger partial charge in [0.2, 0.25) is 5.91 Å². The minimum atomic E-state index is -0.301. The van der Waals surface area contributed by atoms with Gasteiger partial charge in [0.15, 0.2) is 0 Å². The van der Waals surface area contributed by atoms with Gasteiger partial charge < -0.3 is 15.0 Å². The highest BCUT2D eigenvalue weighted by Crippen LogP contribution is 2.51. The Kier molecular flexibility index (Phi) is 5.11. The Bertz CT molecular complexity index is 921. The smallest absolute Gasteiger partial charge is 0.232 e. The van der Waals surface area contributed by atoms with E-state index in [0.29, 0.717) is 5.92 Å². The summed E-state index contributed by atoms with van der Waals surface area (Å²) in [5.74, 6) is 3.50. The third-order valence-corrected chi connectivity index (χ3v) is 6.90. The van der Waals surface area contributed by atoms with Crippen molar-refractivity contribution in [1.82, 2.24) is 10.2 Å². The Morgan fingerprint density at radius 3 is 2.23 bits per heavy atom. The summed E-state index contributed by atoms with van der Waals surface area (Å²) in [5, 5.41) is 3.28. The number of para-hydroxylation sites is 2. The third-order valence-electron chi connectivity index (χ3n) is 6.90. The highest BCUT2D eigenvalue weighted by Gasteiger charge is 2.55. The SMILES string of the molecule is CC(C)=CCCN1CC2C(CNC(=O)C3c4ccccc4Oc4ccccc43)[C@H]2C1. The maximum Gasteiger partial charge on any atom is 0.232 e. The van der Waals surface area contributed by atoms with Crippen molar-refractivity contribution in [3.05, 3.63) is 71.3 Å². The number of hydrogen-bond donors (Lipinski definition) is 1. The predicted molar refractivity (Wildman–Crippen MR) is 119 cm³/mol. The quantitative estimate of drug-likeness (QED) is 0.720. The van der Waals surface area contributed by atoms with Crippen LogP contribution in [0, 0.1) is 17.8 Å². The van der Waals surface area contributed by atoms with Crippen LogP contribution in [0.4, 0.5) is 0 Å². The lowest BCUT2D eigenvalue weighted by atomic mass is 9.87. The number of nitrogens with zero attached hydrogens (tertiary/aromatic N) is 1. The summed E-state index contributed by atoms with van der Waals surface area (Å²) in [4.78, 5) is 15.8. The summed E-state index contributed by atoms with van der Waals surface area (Å²) in [6, 6.07) is 15.8. The Morgan fingerprint density at radius 2 is 1.63 bits per heavy atom. The van der Waals surface area contributed by atoms with Crippen LogP contribution in [0.1, 0.15) is 37.3 Å². The second-order valence-corrected chi connectivity index (χ2v) is 9.18. The fourth-order valence-corrected chi connectivity index (χ4v) is 5.27. The van der Waals surface area contributed by atoms with Crippen LogP contribution >= 0.6 is 0 Å². The first-order valence-electron chi connectivity index (χ1n) is 11.1. The minimum Gasteiger partial charge on any atom is -0.457 e. The molecular formula is C26H30N2O2. The first-order valence-corrected chi connectivity index (χ1v) is 11.1. The van der Waals surface area contributed by atoms with Gasteiger partial charge in [0.25, 0.3) is 0 Å². The molecule has 5 rings (SSSR count). The molecule has 2 aromatic rings. The Labute approximate surface area is 178 Å². The van der Waals surface area contributed by atoms with Gasteiger partial charge in [-0.25, -0.2) is 0 Å². The van der Waals surface area contributed by atoms with Crippen LogP contribution in [0.15, 0.2) is 60.2 Å². The van der Waals surface area contributed by atoms with Gasteiger partial charge in [0, 0.05) is 37.3 Å². The van der Waals surface area contributed by atoms with Gasteiger partial charge in [-0.1, -0.05) is 48.0 Å². The second-order valence-electron chi connectivity index (χ2n) is 9.18. The first kappa shape index (κ1) is 19.4. The van der Waals surface area contributed by atoms with E-state index in [0.717, 1.165) is 54.0 Å². The molecule has 1 amide bonds. The standard InChI is InChI=1S/C26H30N2O2/c1-17(2)8-7-13-28-15-21-20(22(21)16-28)14-27-26(29)25-18-9-3-5-11-23(18)30-24-12-6-4-10-19(24)25/h3-6,8-12,20-22,25H,7,13-16H2,1-2H3,(H,27,29)/t20?,21-,22?/m1/s1. The molecule has 4 nitrogen and oxygen atoms in total. The molecule has 0 spiro atoms. The maximum absolute atomic E-state index is 13.3. The molecule has 156 valence electrons. The fourth-order valence-electron chi connectivity index (χ4n) is 5.27. The molecule has 2 aliphatic heterocycles. The normalized spacial score (nSPS) is 24.3. The summed E-state index contributed by atoms with van der Waals surface area (Å²) in [6.07, 6.45) is 3.47. The summed E-state index contributed by atoms with van der Waals surface area (Å²) in [7, 11) is 0. The molecule has 0 aromatic heterocycles. The zero-order valence-corrected chi connectivity index (χ0v) is 17.8. The van der Waals surface area contributed by atoms with Crippen molar-refractivity contribution >= 4 is 5.91 Å². The zero-order valence-electron chi connectivity index (χ0n) is 17.8. The van der Waals surface area contributed by atoms with Crippen LogP contribution in [0.2, 0.25) is 0 Å². The van der Waals surface area contributed by atoms with Crippen molar-refractivity contribution in [3.8, 4) is 11.5 Å². The average molecular weight is 403 g/mol. The van der Waals surface area contributed by atoms with Crippen LogP contribution in [0.3, 0.4) is 0 Å². The summed E-state index contributed by atoms with van der Waals surface area (Å²) in [6.45, 7) is 8.64. The lowest BCUT2D eigenvalue weighted by molar-refractivity contribution is -0.121. The van der Waals surface area contributed by atoms with Crippen molar-refractivity contribution in [2.45, 2.75) is 26.2 Å². The molecule has 2 heterocycles. The number of hydrogen-bond acceptors (Lipinski definition) is 3. The van der Waals surface area contributed by atoms with Crippen molar-refractivity contribution < 1.29 is 9.53 Å². The number of carbonyl (C=O) groups is 1. The van der Waals surface area contributed by atoms with Gasteiger partial charge in [-0.3, -0.25) is 4.79 Å². The number of likely N-dealkylation sites (tertiary alicyclic amines) is 1. The molecule has 1 aliphatic carbocycles. The number of piperidine rings is 1. The first-order chi connectivity index (χ1) is 14.6. The number of carbonyl (C=O) groups excluding carboxylic acids is 1. The summed E-state index contributed by atoms with van der Waals surface area (Å²) >= 11 is 0. The topological polar surface area (TPSA) is 41.6 Å². The van der Waals surface area contributed by atoms with Gasteiger partial charge in [0.05, 0.1) is 5.92 Å². The van der Waals surface area contributed by atoms with E-state index in [-0.39, 0.29) is 11.8 Å². The van der Waals surface area contributed by atoms with Crippen LogP contribution in [0.25, 0.3) is 0 Å².